The van der Waals surface area contributed by atoms with Gasteiger partial charge in [-0.1, -0.05) is 66.2 Å². The normalized spacial score (nSPS) is 13.6. The van der Waals surface area contributed by atoms with Gasteiger partial charge < -0.3 is 15.2 Å². The van der Waals surface area contributed by atoms with Gasteiger partial charge in [0.2, 0.25) is 0 Å². The number of alkyl halides is 3. The van der Waals surface area contributed by atoms with Crippen LogP contribution in [0.5, 0.6) is 0 Å². The smallest absolute Gasteiger partial charge is 0.417 e. The van der Waals surface area contributed by atoms with E-state index in [1.54, 1.807) is 0 Å². The van der Waals surface area contributed by atoms with Crippen molar-refractivity contribution < 1.29 is 32.6 Å². The van der Waals surface area contributed by atoms with Crippen molar-refractivity contribution in [3.05, 3.63) is 94.0 Å². The molecule has 0 fully saturated rings. The molecule has 1 aliphatic rings. The number of benzene rings is 3. The summed E-state index contributed by atoms with van der Waals surface area (Å²) in [7, 11) is 0. The Hall–Kier alpha value is -3.52. The van der Waals surface area contributed by atoms with Gasteiger partial charge in [0.15, 0.2) is 0 Å². The molecule has 0 spiro atoms. The Morgan fingerprint density at radius 3 is 2.14 bits per heavy atom. The molecule has 0 aromatic heterocycles. The summed E-state index contributed by atoms with van der Waals surface area (Å²) in [6.07, 6.45) is -5.42. The van der Waals surface area contributed by atoms with Gasteiger partial charge in [-0.2, -0.15) is 13.2 Å². The summed E-state index contributed by atoms with van der Waals surface area (Å²) in [5.74, 6) is -1.46. The highest BCUT2D eigenvalue weighted by Gasteiger charge is 2.33. The number of nitrogens with one attached hydrogen (secondary N) is 1. The fraction of sp³-hybridized carbons (Fsp3) is 0.231. The second-order valence-corrected chi connectivity index (χ2v) is 8.62. The molecule has 0 radical (unpaired) electrons. The van der Waals surface area contributed by atoms with Gasteiger partial charge in [0.05, 0.1) is 10.6 Å². The van der Waals surface area contributed by atoms with Gasteiger partial charge in [-0.3, -0.25) is 0 Å². The molecular formula is C26H21ClF3NO4. The first-order chi connectivity index (χ1) is 16.6. The molecule has 1 atom stereocenters. The van der Waals surface area contributed by atoms with E-state index in [1.807, 2.05) is 48.5 Å². The predicted molar refractivity (Wildman–Crippen MR) is 124 cm³/mol. The van der Waals surface area contributed by atoms with Crippen LogP contribution in [0.2, 0.25) is 5.02 Å². The molecule has 1 aliphatic carbocycles. The van der Waals surface area contributed by atoms with E-state index in [0.29, 0.717) is 5.56 Å². The second kappa shape index (κ2) is 10.00. The molecule has 3 aromatic carbocycles. The van der Waals surface area contributed by atoms with Crippen molar-refractivity contribution in [1.29, 1.82) is 0 Å². The number of aliphatic carboxylic acids is 1. The number of ether oxygens (including phenoxy) is 1. The van der Waals surface area contributed by atoms with Crippen LogP contribution in [0.25, 0.3) is 11.1 Å². The van der Waals surface area contributed by atoms with E-state index >= 15 is 0 Å². The van der Waals surface area contributed by atoms with Crippen LogP contribution in [0.15, 0.2) is 66.7 Å². The summed E-state index contributed by atoms with van der Waals surface area (Å²) in [5, 5.41) is 11.4. The summed E-state index contributed by atoms with van der Waals surface area (Å²) in [5.41, 5.74) is 3.63. The first kappa shape index (κ1) is 24.6. The van der Waals surface area contributed by atoms with Crippen molar-refractivity contribution in [2.45, 2.75) is 31.0 Å². The Kier molecular flexibility index (Phi) is 7.03. The van der Waals surface area contributed by atoms with Crippen LogP contribution >= 0.6 is 11.6 Å². The lowest BCUT2D eigenvalue weighted by molar-refractivity contribution is -0.139. The highest BCUT2D eigenvalue weighted by Crippen LogP contribution is 2.44. The van der Waals surface area contributed by atoms with Gasteiger partial charge in [-0.05, 0) is 52.8 Å². The molecule has 0 saturated carbocycles. The molecular weight excluding hydrogens is 483 g/mol. The number of hydrogen-bond acceptors (Lipinski definition) is 3. The topological polar surface area (TPSA) is 75.6 Å². The maximum atomic E-state index is 12.9. The zero-order chi connectivity index (χ0) is 25.2. The van der Waals surface area contributed by atoms with Crippen molar-refractivity contribution in [3.8, 4) is 11.1 Å². The van der Waals surface area contributed by atoms with Gasteiger partial charge in [0.1, 0.15) is 12.6 Å². The minimum atomic E-state index is -4.58. The van der Waals surface area contributed by atoms with Crippen molar-refractivity contribution >= 4 is 23.7 Å². The van der Waals surface area contributed by atoms with Gasteiger partial charge >= 0.3 is 18.2 Å². The molecule has 0 bridgehead atoms. The molecule has 3 aromatic rings. The van der Waals surface area contributed by atoms with Gasteiger partial charge in [0.25, 0.3) is 0 Å². The average Bonchev–Trinajstić information content (AvgIpc) is 3.13. The van der Waals surface area contributed by atoms with Crippen LogP contribution in [0.4, 0.5) is 18.0 Å². The summed E-state index contributed by atoms with van der Waals surface area (Å²) in [6.45, 7) is 0.0285. The van der Waals surface area contributed by atoms with Crippen LogP contribution in [-0.2, 0) is 22.1 Å². The zero-order valence-electron chi connectivity index (χ0n) is 18.3. The van der Waals surface area contributed by atoms with E-state index in [9.17, 15) is 27.9 Å². The first-order valence-electron chi connectivity index (χ1n) is 10.8. The lowest BCUT2D eigenvalue weighted by Crippen LogP contribution is -2.41. The fourth-order valence-electron chi connectivity index (χ4n) is 4.29. The van der Waals surface area contributed by atoms with E-state index in [0.717, 1.165) is 34.4 Å². The van der Waals surface area contributed by atoms with Crippen molar-refractivity contribution in [3.63, 3.8) is 0 Å². The summed E-state index contributed by atoms with van der Waals surface area (Å²) in [4.78, 5) is 24.1. The Labute approximate surface area is 204 Å². The third kappa shape index (κ3) is 5.43. The van der Waals surface area contributed by atoms with Gasteiger partial charge in [-0.15, -0.1) is 0 Å². The molecule has 35 heavy (non-hydrogen) atoms. The fourth-order valence-corrected chi connectivity index (χ4v) is 4.61. The lowest BCUT2D eigenvalue weighted by atomic mass is 9.98. The van der Waals surface area contributed by atoms with Crippen LogP contribution in [0.1, 0.15) is 34.6 Å². The van der Waals surface area contributed by atoms with Crippen LogP contribution < -0.4 is 5.32 Å². The van der Waals surface area contributed by atoms with Crippen LogP contribution in [0.3, 0.4) is 0 Å². The molecule has 5 nitrogen and oxygen atoms in total. The number of carboxylic acids is 1. The maximum Gasteiger partial charge on any atom is 0.417 e. The first-order valence-corrected chi connectivity index (χ1v) is 11.2. The van der Waals surface area contributed by atoms with E-state index in [2.05, 4.69) is 5.32 Å². The summed E-state index contributed by atoms with van der Waals surface area (Å²) < 4.78 is 44.0. The number of hydrogen-bond donors (Lipinski definition) is 2. The van der Waals surface area contributed by atoms with Crippen molar-refractivity contribution in [2.75, 3.05) is 6.61 Å². The zero-order valence-corrected chi connectivity index (χ0v) is 19.1. The lowest BCUT2D eigenvalue weighted by Gasteiger charge is -2.18. The quantitative estimate of drug-likeness (QED) is 0.397. The number of halogens is 4. The summed E-state index contributed by atoms with van der Waals surface area (Å²) in [6, 6.07) is 17.6. The Balaban J connectivity index is 1.37. The van der Waals surface area contributed by atoms with Crippen LogP contribution in [0, 0.1) is 0 Å². The third-order valence-corrected chi connectivity index (χ3v) is 6.31. The molecule has 0 aliphatic heterocycles. The standard InChI is InChI=1S/C26H21ClF3NO4/c27-22-13-15(9-11-21(22)26(28,29)30)10-12-23(24(32)33)31-25(34)35-14-20-18-7-3-1-5-16(18)17-6-2-4-8-19(17)20/h1-9,11,13,20,23H,10,12,14H2,(H,31,34)(H,32,33). The Morgan fingerprint density at radius 1 is 1.00 bits per heavy atom. The Bertz CT molecular complexity index is 1220. The number of carbonyl (C=O) groups is 2. The third-order valence-electron chi connectivity index (χ3n) is 5.99. The average molecular weight is 504 g/mol. The molecule has 182 valence electrons. The molecule has 4 rings (SSSR count). The van der Waals surface area contributed by atoms with Crippen molar-refractivity contribution in [1.82, 2.24) is 5.32 Å². The molecule has 9 heteroatoms. The van der Waals surface area contributed by atoms with E-state index in [4.69, 9.17) is 16.3 Å². The van der Waals surface area contributed by atoms with Crippen molar-refractivity contribution in [2.24, 2.45) is 0 Å². The number of carboxylic acid groups (broad SMARTS) is 1. The number of amides is 1. The minimum absolute atomic E-state index is 0.0285. The number of rotatable bonds is 7. The second-order valence-electron chi connectivity index (χ2n) is 8.21. The largest absolute Gasteiger partial charge is 0.480 e. The molecule has 0 heterocycles. The van der Waals surface area contributed by atoms with Gasteiger partial charge in [0, 0.05) is 5.92 Å². The monoisotopic (exact) mass is 503 g/mol. The number of fused-ring (bicyclic) bond motifs is 3. The highest BCUT2D eigenvalue weighted by molar-refractivity contribution is 6.31. The van der Waals surface area contributed by atoms with Crippen LogP contribution in [-0.4, -0.2) is 29.8 Å². The molecule has 2 N–H and O–H groups in total. The number of aryl methyl sites for hydroxylation is 1. The maximum absolute atomic E-state index is 12.9. The molecule has 1 amide bonds. The predicted octanol–water partition coefficient (Wildman–Crippen LogP) is 6.28. The highest BCUT2D eigenvalue weighted by atomic mass is 35.5. The molecule has 0 saturated heterocycles. The van der Waals surface area contributed by atoms with E-state index in [-0.39, 0.29) is 25.4 Å². The van der Waals surface area contributed by atoms with E-state index < -0.39 is 34.9 Å². The summed E-state index contributed by atoms with van der Waals surface area (Å²) >= 11 is 5.73. The molecule has 1 unspecified atom stereocenters. The minimum Gasteiger partial charge on any atom is -0.480 e. The Morgan fingerprint density at radius 2 is 1.60 bits per heavy atom. The number of carbonyl (C=O) groups excluding carboxylic acids is 1. The van der Waals surface area contributed by atoms with Gasteiger partial charge in [-0.25, -0.2) is 9.59 Å². The number of alkyl carbamates (subject to hydrolysis) is 1. The van der Waals surface area contributed by atoms with E-state index in [1.165, 1.54) is 6.07 Å². The SMILES string of the molecule is O=C(NC(CCc1ccc(C(F)(F)F)c(Cl)c1)C(=O)O)OCC1c2ccccc2-c2ccccc21.